The molecule has 1 aromatic heterocycles. The van der Waals surface area contributed by atoms with E-state index in [1.165, 1.54) is 25.6 Å². The molecule has 1 amide bonds. The summed E-state index contributed by atoms with van der Waals surface area (Å²) >= 11 is 0. The van der Waals surface area contributed by atoms with Gasteiger partial charge in [0, 0.05) is 11.8 Å². The van der Waals surface area contributed by atoms with Crippen molar-refractivity contribution in [2.45, 2.75) is 26.5 Å². The summed E-state index contributed by atoms with van der Waals surface area (Å²) < 4.78 is 37.7. The van der Waals surface area contributed by atoms with Crippen molar-refractivity contribution in [3.63, 3.8) is 0 Å². The van der Waals surface area contributed by atoms with E-state index >= 15 is 0 Å². The Labute approximate surface area is 236 Å². The minimum atomic E-state index is -0.629. The molecule has 0 radical (unpaired) electrons. The van der Waals surface area contributed by atoms with Crippen molar-refractivity contribution in [1.29, 1.82) is 0 Å². The maximum Gasteiger partial charge on any atom is 0.255 e. The minimum absolute atomic E-state index is 0.231. The normalized spacial score (nSPS) is 14.1. The second-order valence-corrected chi connectivity index (χ2v) is 9.17. The first-order valence-electron chi connectivity index (χ1n) is 13.0. The number of halogens is 1. The number of nitrogens with zero attached hydrogens (tertiary/aromatic N) is 3. The van der Waals surface area contributed by atoms with Crippen molar-refractivity contribution in [2.75, 3.05) is 31.5 Å². The van der Waals surface area contributed by atoms with Gasteiger partial charge >= 0.3 is 0 Å². The average Bonchev–Trinajstić information content (AvgIpc) is 3.44. The Morgan fingerprint density at radius 1 is 1.00 bits per heavy atom. The van der Waals surface area contributed by atoms with Crippen LogP contribution in [0.1, 0.15) is 31.0 Å². The maximum atomic E-state index is 13.9. The number of amides is 1. The second-order valence-electron chi connectivity index (χ2n) is 9.17. The Morgan fingerprint density at radius 2 is 1.78 bits per heavy atom. The zero-order valence-electron chi connectivity index (χ0n) is 23.1. The first-order valence-corrected chi connectivity index (χ1v) is 13.0. The summed E-state index contributed by atoms with van der Waals surface area (Å²) in [4.78, 5) is 18.2. The van der Waals surface area contributed by atoms with Gasteiger partial charge in [0.05, 0.1) is 32.1 Å². The molecule has 0 spiro atoms. The van der Waals surface area contributed by atoms with E-state index in [2.05, 4.69) is 20.7 Å². The van der Waals surface area contributed by atoms with Gasteiger partial charge in [-0.1, -0.05) is 18.2 Å². The molecule has 0 saturated heterocycles. The van der Waals surface area contributed by atoms with Gasteiger partial charge in [-0.25, -0.2) is 9.07 Å². The molecule has 0 saturated carbocycles. The summed E-state index contributed by atoms with van der Waals surface area (Å²) in [6.45, 7) is 4.32. The molecular formula is C30H30FN5O5. The quantitative estimate of drug-likeness (QED) is 0.268. The van der Waals surface area contributed by atoms with Gasteiger partial charge in [0.15, 0.2) is 11.5 Å². The van der Waals surface area contributed by atoms with Crippen LogP contribution in [-0.2, 0) is 11.4 Å². The fraction of sp³-hybridized carbons (Fsp3) is 0.233. The summed E-state index contributed by atoms with van der Waals surface area (Å²) in [5.74, 6) is 1.90. The highest BCUT2D eigenvalue weighted by molar-refractivity contribution is 6.06. The molecule has 0 fully saturated rings. The van der Waals surface area contributed by atoms with E-state index in [0.717, 1.165) is 11.1 Å². The Balaban J connectivity index is 1.49. The third kappa shape index (κ3) is 5.79. The van der Waals surface area contributed by atoms with Gasteiger partial charge in [-0.2, -0.15) is 10.1 Å². The van der Waals surface area contributed by atoms with Crippen LogP contribution in [0.4, 0.5) is 16.0 Å². The van der Waals surface area contributed by atoms with Crippen LogP contribution in [0, 0.1) is 5.82 Å². The zero-order chi connectivity index (χ0) is 28.9. The lowest BCUT2D eigenvalue weighted by Crippen LogP contribution is -2.31. The summed E-state index contributed by atoms with van der Waals surface area (Å²) in [5, 5.41) is 10.5. The van der Waals surface area contributed by atoms with Crippen molar-refractivity contribution >= 4 is 17.5 Å². The number of carbonyl (C=O) groups excluding carboxylic acids is 1. The highest BCUT2D eigenvalue weighted by atomic mass is 19.1. The predicted molar refractivity (Wildman–Crippen MR) is 151 cm³/mol. The Morgan fingerprint density at radius 3 is 2.51 bits per heavy atom. The van der Waals surface area contributed by atoms with Crippen LogP contribution in [0.5, 0.6) is 23.0 Å². The van der Waals surface area contributed by atoms with Crippen LogP contribution in [0.2, 0.25) is 0 Å². The average molecular weight is 560 g/mol. The van der Waals surface area contributed by atoms with Crippen LogP contribution in [-0.4, -0.2) is 41.5 Å². The fourth-order valence-electron chi connectivity index (χ4n) is 4.62. The third-order valence-corrected chi connectivity index (χ3v) is 6.58. The number of rotatable bonds is 10. The third-order valence-electron chi connectivity index (χ3n) is 6.58. The van der Waals surface area contributed by atoms with Gasteiger partial charge in [0.2, 0.25) is 5.95 Å². The number of nitrogens with one attached hydrogen (secondary N) is 2. The lowest BCUT2D eigenvalue weighted by molar-refractivity contribution is -0.113. The monoisotopic (exact) mass is 559 g/mol. The van der Waals surface area contributed by atoms with Crippen molar-refractivity contribution in [1.82, 2.24) is 14.8 Å². The summed E-state index contributed by atoms with van der Waals surface area (Å²) in [6.07, 6.45) is 1.43. The van der Waals surface area contributed by atoms with Gasteiger partial charge in [-0.05, 0) is 61.4 Å². The maximum absolute atomic E-state index is 13.9. The molecule has 0 bridgehead atoms. The molecule has 1 aliphatic heterocycles. The van der Waals surface area contributed by atoms with Gasteiger partial charge in [0.25, 0.3) is 5.91 Å². The number of fused-ring (bicyclic) bond motifs is 1. The van der Waals surface area contributed by atoms with E-state index in [4.69, 9.17) is 18.9 Å². The van der Waals surface area contributed by atoms with E-state index in [-0.39, 0.29) is 18.3 Å². The molecule has 10 nitrogen and oxygen atoms in total. The van der Waals surface area contributed by atoms with Gasteiger partial charge in [-0.3, -0.25) is 4.79 Å². The topological polar surface area (TPSA) is 109 Å². The largest absolute Gasteiger partial charge is 0.497 e. The minimum Gasteiger partial charge on any atom is -0.497 e. The number of hydrogen-bond donors (Lipinski definition) is 2. The lowest BCUT2D eigenvalue weighted by atomic mass is 9.94. The molecule has 1 atom stereocenters. The number of benzene rings is 3. The van der Waals surface area contributed by atoms with Crippen LogP contribution in [0.15, 0.2) is 78.3 Å². The molecule has 3 aromatic carbocycles. The molecular weight excluding hydrogens is 529 g/mol. The van der Waals surface area contributed by atoms with Crippen molar-refractivity contribution in [3.05, 3.63) is 95.2 Å². The number of carbonyl (C=O) groups is 1. The van der Waals surface area contributed by atoms with Crippen molar-refractivity contribution < 1.29 is 28.1 Å². The van der Waals surface area contributed by atoms with Gasteiger partial charge < -0.3 is 29.6 Å². The molecule has 4 aromatic rings. The standard InChI is InChI=1S/C30H30FN5O5/c1-5-40-26-14-20(8-12-25(26)41-16-19-6-9-21(31)10-7-19)28-27(18(2)34-30-32-17-33-36(28)30)29(37)35-23-15-22(38-3)11-13-24(23)39-4/h6-15,17,28H,5,16H2,1-4H3,(H,35,37)(H,32,33,34). The zero-order valence-corrected chi connectivity index (χ0v) is 23.1. The molecule has 5 rings (SSSR count). The molecule has 212 valence electrons. The Kier molecular flexibility index (Phi) is 8.04. The van der Waals surface area contributed by atoms with Crippen molar-refractivity contribution in [3.8, 4) is 23.0 Å². The number of methoxy groups -OCH3 is 2. The molecule has 2 N–H and O–H groups in total. The summed E-state index contributed by atoms with van der Waals surface area (Å²) in [6, 6.07) is 16.1. The van der Waals surface area contributed by atoms with E-state index in [1.807, 2.05) is 26.0 Å². The van der Waals surface area contributed by atoms with Gasteiger partial charge in [-0.15, -0.1) is 0 Å². The second kappa shape index (κ2) is 12.0. The molecule has 2 heterocycles. The number of anilines is 2. The van der Waals surface area contributed by atoms with Crippen LogP contribution < -0.4 is 29.6 Å². The fourth-order valence-corrected chi connectivity index (χ4v) is 4.62. The Bertz CT molecular complexity index is 1580. The molecule has 1 aliphatic rings. The smallest absolute Gasteiger partial charge is 0.255 e. The molecule has 0 aliphatic carbocycles. The van der Waals surface area contributed by atoms with Crippen molar-refractivity contribution in [2.24, 2.45) is 0 Å². The van der Waals surface area contributed by atoms with Crippen LogP contribution in [0.25, 0.3) is 0 Å². The Hall–Kier alpha value is -5.06. The van der Waals surface area contributed by atoms with E-state index in [0.29, 0.717) is 52.5 Å². The van der Waals surface area contributed by atoms with E-state index in [1.54, 1.807) is 48.2 Å². The van der Waals surface area contributed by atoms with Crippen LogP contribution >= 0.6 is 0 Å². The summed E-state index contributed by atoms with van der Waals surface area (Å²) in [7, 11) is 3.08. The SMILES string of the molecule is CCOc1cc(C2C(C(=O)Nc3cc(OC)ccc3OC)=C(C)Nc3ncnn32)ccc1OCc1ccc(F)cc1. The number of aromatic nitrogens is 3. The van der Waals surface area contributed by atoms with Crippen LogP contribution in [0.3, 0.4) is 0 Å². The molecule has 41 heavy (non-hydrogen) atoms. The highest BCUT2D eigenvalue weighted by Crippen LogP contribution is 2.40. The van der Waals surface area contributed by atoms with E-state index < -0.39 is 6.04 Å². The first kappa shape index (κ1) is 27.5. The molecule has 11 heteroatoms. The molecule has 1 unspecified atom stereocenters. The first-order chi connectivity index (χ1) is 19.9. The number of hydrogen-bond acceptors (Lipinski definition) is 8. The lowest BCUT2D eigenvalue weighted by Gasteiger charge is -2.29. The highest BCUT2D eigenvalue weighted by Gasteiger charge is 2.34. The van der Waals surface area contributed by atoms with E-state index in [9.17, 15) is 9.18 Å². The number of ether oxygens (including phenoxy) is 4. The number of allylic oxidation sites excluding steroid dienone is 1. The summed E-state index contributed by atoms with van der Waals surface area (Å²) in [5.41, 5.74) is 3.05. The predicted octanol–water partition coefficient (Wildman–Crippen LogP) is 5.34. The van der Waals surface area contributed by atoms with Gasteiger partial charge in [0.1, 0.15) is 36.3 Å².